The molecule has 1 amide bonds. The number of β-amino-alcohol motifs (C(OH)–C–C–N with tert-alkyl or cyclic N) is 1. The number of rotatable bonds is 3. The van der Waals surface area contributed by atoms with Crippen LogP contribution >= 0.6 is 0 Å². The number of likely N-dealkylation sites (N-methyl/N-ethyl adjacent to an activating group) is 1. The minimum atomic E-state index is -0.378. The van der Waals surface area contributed by atoms with Crippen LogP contribution in [0.4, 0.5) is 0 Å². The molecule has 2 aliphatic rings. The van der Waals surface area contributed by atoms with E-state index in [4.69, 9.17) is 5.73 Å². The van der Waals surface area contributed by atoms with E-state index in [1.807, 2.05) is 19.0 Å². The van der Waals surface area contributed by atoms with E-state index in [0.717, 1.165) is 25.8 Å². The maximum absolute atomic E-state index is 12.8. The van der Waals surface area contributed by atoms with Crippen LogP contribution in [-0.2, 0) is 4.79 Å². The van der Waals surface area contributed by atoms with E-state index in [0.29, 0.717) is 18.9 Å². The second-order valence-corrected chi connectivity index (χ2v) is 6.95. The fraction of sp³-hybridized carbons (Fsp3) is 0.933. The number of nitrogens with zero attached hydrogens (tertiary/aromatic N) is 2. The molecule has 0 bridgehead atoms. The predicted octanol–water partition coefficient (Wildman–Crippen LogP) is 0.273. The monoisotopic (exact) mass is 283 g/mol. The van der Waals surface area contributed by atoms with E-state index < -0.39 is 0 Å². The molecule has 2 rings (SSSR count). The van der Waals surface area contributed by atoms with Crippen molar-refractivity contribution in [1.82, 2.24) is 9.80 Å². The highest BCUT2D eigenvalue weighted by atomic mass is 16.3. The van der Waals surface area contributed by atoms with Gasteiger partial charge in [-0.25, -0.2) is 0 Å². The molecule has 116 valence electrons. The van der Waals surface area contributed by atoms with Gasteiger partial charge in [-0.2, -0.15) is 0 Å². The molecule has 5 heteroatoms. The number of carbonyl (C=O) groups is 1. The van der Waals surface area contributed by atoms with E-state index in [2.05, 4.69) is 11.8 Å². The molecule has 1 saturated carbocycles. The van der Waals surface area contributed by atoms with E-state index in [1.54, 1.807) is 0 Å². The van der Waals surface area contributed by atoms with Gasteiger partial charge in [0.1, 0.15) is 0 Å². The largest absolute Gasteiger partial charge is 0.391 e. The number of aliphatic hydroxyl groups is 1. The van der Waals surface area contributed by atoms with Crippen molar-refractivity contribution < 1.29 is 9.90 Å². The van der Waals surface area contributed by atoms with Gasteiger partial charge in [-0.15, -0.1) is 0 Å². The highest BCUT2D eigenvalue weighted by Crippen LogP contribution is 2.32. The minimum absolute atomic E-state index is 0.0358. The molecule has 0 spiro atoms. The SMILES string of the molecule is CC1CCC(N)CC1C(=O)N1CC(O)CC1CN(C)C. The van der Waals surface area contributed by atoms with E-state index in [9.17, 15) is 9.90 Å². The van der Waals surface area contributed by atoms with Crippen LogP contribution in [0.15, 0.2) is 0 Å². The molecule has 5 atom stereocenters. The number of hydrogen-bond acceptors (Lipinski definition) is 4. The molecule has 5 nitrogen and oxygen atoms in total. The molecule has 0 aromatic rings. The van der Waals surface area contributed by atoms with Crippen LogP contribution in [0.25, 0.3) is 0 Å². The molecule has 2 fully saturated rings. The van der Waals surface area contributed by atoms with Crippen LogP contribution in [-0.4, -0.2) is 66.2 Å². The number of hydrogen-bond donors (Lipinski definition) is 2. The zero-order valence-electron chi connectivity index (χ0n) is 13.0. The zero-order chi connectivity index (χ0) is 14.9. The second kappa shape index (κ2) is 6.41. The van der Waals surface area contributed by atoms with Crippen molar-refractivity contribution in [1.29, 1.82) is 0 Å². The Bertz CT molecular complexity index is 348. The van der Waals surface area contributed by atoms with E-state index in [-0.39, 0.29) is 30.0 Å². The third kappa shape index (κ3) is 3.51. The molecule has 1 aliphatic carbocycles. The summed E-state index contributed by atoms with van der Waals surface area (Å²) in [5, 5.41) is 9.91. The molecule has 0 aromatic carbocycles. The Morgan fingerprint density at radius 1 is 1.35 bits per heavy atom. The first-order valence-corrected chi connectivity index (χ1v) is 7.77. The summed E-state index contributed by atoms with van der Waals surface area (Å²) in [4.78, 5) is 16.8. The van der Waals surface area contributed by atoms with Crippen LogP contribution in [0.5, 0.6) is 0 Å². The molecular formula is C15H29N3O2. The Kier molecular flexibility index (Phi) is 5.04. The molecule has 5 unspecified atom stereocenters. The van der Waals surface area contributed by atoms with Crippen LogP contribution < -0.4 is 5.73 Å². The maximum Gasteiger partial charge on any atom is 0.226 e. The zero-order valence-corrected chi connectivity index (χ0v) is 13.0. The third-order valence-corrected chi connectivity index (χ3v) is 4.80. The van der Waals surface area contributed by atoms with Gasteiger partial charge in [-0.05, 0) is 45.7 Å². The summed E-state index contributed by atoms with van der Waals surface area (Å²) >= 11 is 0. The summed E-state index contributed by atoms with van der Waals surface area (Å²) in [6.07, 6.45) is 3.16. The summed E-state index contributed by atoms with van der Waals surface area (Å²) in [5.74, 6) is 0.643. The summed E-state index contributed by atoms with van der Waals surface area (Å²) < 4.78 is 0. The fourth-order valence-electron chi connectivity index (χ4n) is 3.67. The molecular weight excluding hydrogens is 254 g/mol. The van der Waals surface area contributed by atoms with Gasteiger partial charge in [0.25, 0.3) is 0 Å². The Labute approximate surface area is 122 Å². The van der Waals surface area contributed by atoms with E-state index >= 15 is 0 Å². The first kappa shape index (κ1) is 15.7. The fourth-order valence-corrected chi connectivity index (χ4v) is 3.67. The van der Waals surface area contributed by atoms with Crippen LogP contribution in [0.1, 0.15) is 32.6 Å². The Balaban J connectivity index is 2.05. The van der Waals surface area contributed by atoms with Gasteiger partial charge in [-0.1, -0.05) is 6.92 Å². The van der Waals surface area contributed by atoms with Gasteiger partial charge >= 0.3 is 0 Å². The average molecular weight is 283 g/mol. The summed E-state index contributed by atoms with van der Waals surface area (Å²) in [6.45, 7) is 3.45. The van der Waals surface area contributed by atoms with Gasteiger partial charge in [0.05, 0.1) is 6.10 Å². The first-order valence-electron chi connectivity index (χ1n) is 7.77. The topological polar surface area (TPSA) is 69.8 Å². The van der Waals surface area contributed by atoms with Crippen LogP contribution in [0.3, 0.4) is 0 Å². The Hall–Kier alpha value is -0.650. The molecule has 1 aliphatic heterocycles. The van der Waals surface area contributed by atoms with Crippen molar-refractivity contribution in [2.45, 2.75) is 50.8 Å². The number of nitrogens with two attached hydrogens (primary N) is 1. The highest BCUT2D eigenvalue weighted by Gasteiger charge is 2.40. The lowest BCUT2D eigenvalue weighted by Gasteiger charge is -2.36. The van der Waals surface area contributed by atoms with Gasteiger partial charge < -0.3 is 20.6 Å². The Morgan fingerprint density at radius 3 is 2.70 bits per heavy atom. The average Bonchev–Trinajstić information content (AvgIpc) is 2.71. The molecule has 20 heavy (non-hydrogen) atoms. The molecule has 0 radical (unpaired) electrons. The number of amides is 1. The van der Waals surface area contributed by atoms with Gasteiger partial charge in [0, 0.05) is 31.1 Å². The third-order valence-electron chi connectivity index (χ3n) is 4.80. The first-order chi connectivity index (χ1) is 9.38. The second-order valence-electron chi connectivity index (χ2n) is 6.95. The smallest absolute Gasteiger partial charge is 0.226 e. The van der Waals surface area contributed by atoms with Crippen molar-refractivity contribution in [2.75, 3.05) is 27.2 Å². The predicted molar refractivity (Wildman–Crippen MR) is 79.2 cm³/mol. The van der Waals surface area contributed by atoms with Gasteiger partial charge in [0.2, 0.25) is 5.91 Å². The van der Waals surface area contributed by atoms with Gasteiger partial charge in [0.15, 0.2) is 0 Å². The molecule has 1 heterocycles. The van der Waals surface area contributed by atoms with Crippen LogP contribution in [0.2, 0.25) is 0 Å². The molecule has 0 aromatic heterocycles. The van der Waals surface area contributed by atoms with Crippen molar-refractivity contribution in [3.63, 3.8) is 0 Å². The van der Waals surface area contributed by atoms with Crippen LogP contribution in [0, 0.1) is 11.8 Å². The lowest BCUT2D eigenvalue weighted by atomic mass is 9.77. The molecule has 1 saturated heterocycles. The standard InChI is InChI=1S/C15H29N3O2/c1-10-4-5-11(16)6-14(10)15(20)18-9-13(19)7-12(18)8-17(2)3/h10-14,19H,4-9,16H2,1-3H3. The summed E-state index contributed by atoms with van der Waals surface area (Å²) in [7, 11) is 4.01. The highest BCUT2D eigenvalue weighted by molar-refractivity contribution is 5.80. The molecule has 3 N–H and O–H groups in total. The summed E-state index contributed by atoms with van der Waals surface area (Å²) in [5.41, 5.74) is 6.04. The minimum Gasteiger partial charge on any atom is -0.391 e. The maximum atomic E-state index is 12.8. The number of likely N-dealkylation sites (tertiary alicyclic amines) is 1. The van der Waals surface area contributed by atoms with Crippen molar-refractivity contribution in [2.24, 2.45) is 17.6 Å². The van der Waals surface area contributed by atoms with E-state index in [1.165, 1.54) is 0 Å². The lowest BCUT2D eigenvalue weighted by molar-refractivity contribution is -0.139. The van der Waals surface area contributed by atoms with Gasteiger partial charge in [-0.3, -0.25) is 4.79 Å². The normalized spacial score (nSPS) is 38.5. The summed E-state index contributed by atoms with van der Waals surface area (Å²) in [6, 6.07) is 0.290. The lowest BCUT2D eigenvalue weighted by Crippen LogP contribution is -2.48. The Morgan fingerprint density at radius 2 is 2.05 bits per heavy atom. The van der Waals surface area contributed by atoms with Crippen molar-refractivity contribution in [3.05, 3.63) is 0 Å². The number of aliphatic hydroxyl groups excluding tert-OH is 1. The quantitative estimate of drug-likeness (QED) is 0.780. The van der Waals surface area contributed by atoms with Crippen molar-refractivity contribution in [3.8, 4) is 0 Å². The van der Waals surface area contributed by atoms with Crippen molar-refractivity contribution >= 4 is 5.91 Å². The number of carbonyl (C=O) groups excluding carboxylic acids is 1.